The van der Waals surface area contributed by atoms with Gasteiger partial charge >= 0.3 is 11.7 Å². The number of aryl methyl sites for hydroxylation is 2. The van der Waals surface area contributed by atoms with Crippen LogP contribution < -0.4 is 11.1 Å². The molecule has 2 aromatic heterocycles. The van der Waals surface area contributed by atoms with E-state index in [1.54, 1.807) is 20.0 Å². The second kappa shape index (κ2) is 7.86. The molecular weight excluding hydrogens is 373 g/mol. The van der Waals surface area contributed by atoms with Gasteiger partial charge < -0.3 is 14.5 Å². The molecule has 0 unspecified atom stereocenters. The molecule has 0 atom stereocenters. The number of ether oxygens (including phenoxy) is 1. The van der Waals surface area contributed by atoms with Crippen molar-refractivity contribution in [1.29, 1.82) is 0 Å². The first-order valence-electron chi connectivity index (χ1n) is 8.12. The van der Waals surface area contributed by atoms with E-state index in [1.165, 1.54) is 28.9 Å². The molecule has 2 heterocycles. The standard InChI is InChI=1S/C17H16FN5O5/c1-10-7-13(22(2)20-10)19-14(24)9-27-15(25)8-23-17(26)28-16(21-23)11-3-5-12(18)6-4-11/h3-7H,8-9H2,1-2H3,(H,19,24). The van der Waals surface area contributed by atoms with E-state index in [1.807, 2.05) is 0 Å². The number of carbonyl (C=O) groups excluding carboxylic acids is 2. The molecule has 0 aliphatic rings. The minimum absolute atomic E-state index is 0.0675. The number of esters is 1. The molecular formula is C17H16FN5O5. The molecule has 10 nitrogen and oxygen atoms in total. The average Bonchev–Trinajstić information content (AvgIpc) is 3.15. The molecule has 0 saturated heterocycles. The Labute approximate surface area is 157 Å². The van der Waals surface area contributed by atoms with Crippen LogP contribution in [0.3, 0.4) is 0 Å². The third kappa shape index (κ3) is 4.50. The molecule has 1 aromatic carbocycles. The molecule has 0 bridgehead atoms. The molecule has 3 aromatic rings. The zero-order chi connectivity index (χ0) is 20.3. The normalized spacial score (nSPS) is 10.7. The Morgan fingerprint density at radius 3 is 2.61 bits per heavy atom. The van der Waals surface area contributed by atoms with E-state index < -0.39 is 36.6 Å². The van der Waals surface area contributed by atoms with Crippen molar-refractivity contribution < 1.29 is 23.1 Å². The Morgan fingerprint density at radius 1 is 1.25 bits per heavy atom. The third-order valence-electron chi connectivity index (χ3n) is 3.61. The first-order chi connectivity index (χ1) is 13.3. The summed E-state index contributed by atoms with van der Waals surface area (Å²) in [5, 5.41) is 10.5. The van der Waals surface area contributed by atoms with Crippen LogP contribution in [0.15, 0.2) is 39.5 Å². The van der Waals surface area contributed by atoms with Crippen LogP contribution in [0.2, 0.25) is 0 Å². The van der Waals surface area contributed by atoms with Crippen molar-refractivity contribution in [1.82, 2.24) is 19.6 Å². The van der Waals surface area contributed by atoms with Crippen LogP contribution >= 0.6 is 0 Å². The van der Waals surface area contributed by atoms with Gasteiger partial charge in [0.2, 0.25) is 5.89 Å². The maximum absolute atomic E-state index is 13.0. The van der Waals surface area contributed by atoms with E-state index in [4.69, 9.17) is 9.15 Å². The molecule has 28 heavy (non-hydrogen) atoms. The van der Waals surface area contributed by atoms with Gasteiger partial charge in [0, 0.05) is 18.7 Å². The van der Waals surface area contributed by atoms with Crippen LogP contribution in [0.4, 0.5) is 10.2 Å². The summed E-state index contributed by atoms with van der Waals surface area (Å²) in [6.45, 7) is 0.688. The van der Waals surface area contributed by atoms with Crippen molar-refractivity contribution in [3.05, 3.63) is 52.4 Å². The lowest BCUT2D eigenvalue weighted by molar-refractivity contribution is -0.148. The van der Waals surface area contributed by atoms with Crippen molar-refractivity contribution in [2.24, 2.45) is 7.05 Å². The molecule has 0 saturated carbocycles. The quantitative estimate of drug-likeness (QED) is 0.621. The Balaban J connectivity index is 1.56. The third-order valence-corrected chi connectivity index (χ3v) is 3.61. The van der Waals surface area contributed by atoms with Crippen LogP contribution in [0, 0.1) is 12.7 Å². The summed E-state index contributed by atoms with van der Waals surface area (Å²) in [5.41, 5.74) is 1.09. The van der Waals surface area contributed by atoms with Crippen molar-refractivity contribution >= 4 is 17.7 Å². The Kier molecular flexibility index (Phi) is 5.34. The van der Waals surface area contributed by atoms with Crippen LogP contribution in [-0.2, 0) is 27.9 Å². The lowest BCUT2D eigenvalue weighted by atomic mass is 10.2. The Bertz CT molecular complexity index is 1070. The summed E-state index contributed by atoms with van der Waals surface area (Å²) in [6, 6.07) is 6.79. The minimum atomic E-state index is -0.883. The Hall–Kier alpha value is -3.76. The molecule has 1 amide bonds. The van der Waals surface area contributed by atoms with Gasteiger partial charge in [-0.3, -0.25) is 14.3 Å². The monoisotopic (exact) mass is 389 g/mol. The molecule has 146 valence electrons. The van der Waals surface area contributed by atoms with Gasteiger partial charge in [-0.1, -0.05) is 0 Å². The first kappa shape index (κ1) is 19.0. The summed E-state index contributed by atoms with van der Waals surface area (Å²) in [6.07, 6.45) is 0. The molecule has 3 rings (SSSR count). The van der Waals surface area contributed by atoms with E-state index in [9.17, 15) is 18.8 Å². The fourth-order valence-corrected chi connectivity index (χ4v) is 2.34. The number of nitrogens with one attached hydrogen (secondary N) is 1. The van der Waals surface area contributed by atoms with Crippen LogP contribution in [0.25, 0.3) is 11.5 Å². The number of hydrogen-bond donors (Lipinski definition) is 1. The van der Waals surface area contributed by atoms with Gasteiger partial charge in [-0.2, -0.15) is 9.78 Å². The summed E-state index contributed by atoms with van der Waals surface area (Å²) in [4.78, 5) is 35.5. The molecule has 0 fully saturated rings. The van der Waals surface area contributed by atoms with Gasteiger partial charge in [0.1, 0.15) is 18.2 Å². The zero-order valence-corrected chi connectivity index (χ0v) is 15.0. The lowest BCUT2D eigenvalue weighted by Gasteiger charge is -2.06. The molecule has 11 heteroatoms. The number of carbonyl (C=O) groups is 2. The van der Waals surface area contributed by atoms with Gasteiger partial charge in [-0.15, -0.1) is 5.10 Å². The summed E-state index contributed by atoms with van der Waals surface area (Å²) in [7, 11) is 1.66. The minimum Gasteiger partial charge on any atom is -0.454 e. The molecule has 0 aliphatic heterocycles. The van der Waals surface area contributed by atoms with Crippen molar-refractivity contribution in [3.8, 4) is 11.5 Å². The predicted octanol–water partition coefficient (Wildman–Crippen LogP) is 0.866. The SMILES string of the molecule is Cc1cc(NC(=O)COC(=O)Cn2nc(-c3ccc(F)cc3)oc2=O)n(C)n1. The van der Waals surface area contributed by atoms with E-state index in [2.05, 4.69) is 15.5 Å². The average molecular weight is 389 g/mol. The van der Waals surface area contributed by atoms with Gasteiger partial charge in [-0.25, -0.2) is 9.18 Å². The van der Waals surface area contributed by atoms with E-state index in [0.29, 0.717) is 11.4 Å². The number of benzene rings is 1. The molecule has 0 aliphatic carbocycles. The van der Waals surface area contributed by atoms with Gasteiger partial charge in [0.15, 0.2) is 6.61 Å². The highest BCUT2D eigenvalue weighted by atomic mass is 19.1. The maximum atomic E-state index is 13.0. The highest BCUT2D eigenvalue weighted by Crippen LogP contribution is 2.15. The number of nitrogens with zero attached hydrogens (tertiary/aromatic N) is 4. The van der Waals surface area contributed by atoms with Gasteiger partial charge in [0.25, 0.3) is 5.91 Å². The predicted molar refractivity (Wildman–Crippen MR) is 93.7 cm³/mol. The van der Waals surface area contributed by atoms with E-state index in [-0.39, 0.29) is 5.89 Å². The maximum Gasteiger partial charge on any atom is 0.437 e. The smallest absolute Gasteiger partial charge is 0.437 e. The van der Waals surface area contributed by atoms with Crippen LogP contribution in [0.1, 0.15) is 5.69 Å². The van der Waals surface area contributed by atoms with Crippen LogP contribution in [0.5, 0.6) is 0 Å². The van der Waals surface area contributed by atoms with Crippen molar-refractivity contribution in [3.63, 3.8) is 0 Å². The number of hydrogen-bond acceptors (Lipinski definition) is 7. The first-order valence-corrected chi connectivity index (χ1v) is 8.12. The number of rotatable bonds is 6. The largest absolute Gasteiger partial charge is 0.454 e. The number of halogens is 1. The molecule has 1 N–H and O–H groups in total. The summed E-state index contributed by atoms with van der Waals surface area (Å²) < 4.78 is 25.0. The van der Waals surface area contributed by atoms with E-state index in [0.717, 1.165) is 10.4 Å². The molecule has 0 radical (unpaired) electrons. The van der Waals surface area contributed by atoms with Gasteiger partial charge in [0.05, 0.1) is 5.69 Å². The second-order valence-electron chi connectivity index (χ2n) is 5.84. The topological polar surface area (TPSA) is 121 Å². The number of amides is 1. The van der Waals surface area contributed by atoms with Crippen LogP contribution in [-0.4, -0.2) is 38.0 Å². The fraction of sp³-hybridized carbons (Fsp3) is 0.235. The highest BCUT2D eigenvalue weighted by Gasteiger charge is 2.16. The van der Waals surface area contributed by atoms with E-state index >= 15 is 0 Å². The number of aromatic nitrogens is 4. The summed E-state index contributed by atoms with van der Waals surface area (Å²) >= 11 is 0. The number of anilines is 1. The summed E-state index contributed by atoms with van der Waals surface area (Å²) in [5.74, 6) is -2.36. The van der Waals surface area contributed by atoms with Gasteiger partial charge in [-0.05, 0) is 31.2 Å². The zero-order valence-electron chi connectivity index (χ0n) is 15.0. The Morgan fingerprint density at radius 2 is 1.96 bits per heavy atom. The lowest BCUT2D eigenvalue weighted by Crippen LogP contribution is -2.27. The highest BCUT2D eigenvalue weighted by molar-refractivity contribution is 5.92. The van der Waals surface area contributed by atoms with Crippen molar-refractivity contribution in [2.75, 3.05) is 11.9 Å². The molecule has 0 spiro atoms. The second-order valence-corrected chi connectivity index (χ2v) is 5.84. The van der Waals surface area contributed by atoms with Crippen molar-refractivity contribution in [2.45, 2.75) is 13.5 Å². The fourth-order valence-electron chi connectivity index (χ4n) is 2.34.